The molecule has 3 aliphatic rings. The van der Waals surface area contributed by atoms with Gasteiger partial charge in [0.15, 0.2) is 11.6 Å². The summed E-state index contributed by atoms with van der Waals surface area (Å²) < 4.78 is 0. The maximum atomic E-state index is 13.7. The molecular formula is C27H22N2O6. The van der Waals surface area contributed by atoms with Crippen LogP contribution in [0.25, 0.3) is 0 Å². The number of aliphatic hydroxyl groups is 3. The van der Waals surface area contributed by atoms with Gasteiger partial charge in [0, 0.05) is 17.7 Å². The number of carbonyl (C=O) groups is 2. The van der Waals surface area contributed by atoms with Crippen LogP contribution in [0.2, 0.25) is 0 Å². The van der Waals surface area contributed by atoms with Crippen LogP contribution in [0.5, 0.6) is 5.75 Å². The summed E-state index contributed by atoms with van der Waals surface area (Å²) in [4.78, 5) is 27.2. The number of nitrogens with two attached hydrogens (primary N) is 1. The summed E-state index contributed by atoms with van der Waals surface area (Å²) in [7, 11) is 0. The highest BCUT2D eigenvalue weighted by atomic mass is 16.3. The van der Waals surface area contributed by atoms with E-state index in [1.165, 1.54) is 31.2 Å². The zero-order valence-electron chi connectivity index (χ0n) is 18.7. The van der Waals surface area contributed by atoms with Crippen molar-refractivity contribution in [3.05, 3.63) is 69.8 Å². The first-order valence-corrected chi connectivity index (χ1v) is 11.0. The number of rotatable bonds is 2. The van der Waals surface area contributed by atoms with Crippen LogP contribution in [0.3, 0.4) is 0 Å². The SMILES string of the molecule is CC(O)C1(O)C2C#CC=CC#CC(O)C1c1cc(O)c3c(c1N2)C(=O)c1cccc(CN)c1C3=O. The fraction of sp³-hybridized carbons (Fsp3) is 0.259. The number of aromatic hydroxyl groups is 1. The number of fused-ring (bicyclic) bond motifs is 7. The van der Waals surface area contributed by atoms with E-state index in [4.69, 9.17) is 5.73 Å². The Labute approximate surface area is 201 Å². The molecule has 0 saturated carbocycles. The van der Waals surface area contributed by atoms with Crippen LogP contribution in [0, 0.1) is 23.7 Å². The molecule has 2 aromatic carbocycles. The van der Waals surface area contributed by atoms with Crippen molar-refractivity contribution in [3.8, 4) is 29.4 Å². The molecule has 5 atom stereocenters. The normalized spacial score (nSPS) is 26.6. The first kappa shape index (κ1) is 22.9. The number of aliphatic hydroxyl groups excluding tert-OH is 2. The molecule has 2 bridgehead atoms. The molecule has 0 saturated heterocycles. The maximum absolute atomic E-state index is 13.7. The Balaban J connectivity index is 1.84. The second kappa shape index (κ2) is 8.09. The molecule has 2 aromatic rings. The number of carbonyl (C=O) groups excluding carboxylic acids is 2. The number of benzene rings is 2. The fourth-order valence-electron chi connectivity index (χ4n) is 5.23. The third-order valence-electron chi connectivity index (χ3n) is 6.91. The zero-order chi connectivity index (χ0) is 25.1. The van der Waals surface area contributed by atoms with Crippen molar-refractivity contribution in [1.82, 2.24) is 0 Å². The average Bonchev–Trinajstić information content (AvgIpc) is 2.83. The number of phenols is 1. The van der Waals surface area contributed by atoms with Crippen LogP contribution < -0.4 is 11.1 Å². The van der Waals surface area contributed by atoms with Gasteiger partial charge in [-0.15, -0.1) is 0 Å². The number of hydrogen-bond donors (Lipinski definition) is 6. The van der Waals surface area contributed by atoms with Crippen molar-refractivity contribution in [2.45, 2.75) is 43.2 Å². The lowest BCUT2D eigenvalue weighted by molar-refractivity contribution is -0.107. The van der Waals surface area contributed by atoms with Crippen LogP contribution >= 0.6 is 0 Å². The highest BCUT2D eigenvalue weighted by Crippen LogP contribution is 2.50. The lowest BCUT2D eigenvalue weighted by Crippen LogP contribution is -2.62. The van der Waals surface area contributed by atoms with Crippen LogP contribution in [0.15, 0.2) is 36.4 Å². The number of hydrogen-bond acceptors (Lipinski definition) is 8. The molecule has 2 aliphatic carbocycles. The van der Waals surface area contributed by atoms with E-state index < -0.39 is 47.1 Å². The molecular weight excluding hydrogens is 448 g/mol. The molecule has 1 heterocycles. The first-order valence-electron chi connectivity index (χ1n) is 11.0. The lowest BCUT2D eigenvalue weighted by atomic mass is 9.66. The quantitative estimate of drug-likeness (QED) is 0.235. The molecule has 8 heteroatoms. The van der Waals surface area contributed by atoms with E-state index >= 15 is 0 Å². The molecule has 35 heavy (non-hydrogen) atoms. The van der Waals surface area contributed by atoms with Gasteiger partial charge < -0.3 is 31.5 Å². The molecule has 176 valence electrons. The minimum absolute atomic E-state index is 0.0288. The average molecular weight is 470 g/mol. The Morgan fingerprint density at radius 1 is 1.11 bits per heavy atom. The minimum atomic E-state index is -2.05. The van der Waals surface area contributed by atoms with E-state index in [2.05, 4.69) is 29.0 Å². The highest BCUT2D eigenvalue weighted by molar-refractivity contribution is 6.31. The molecule has 0 fully saturated rings. The van der Waals surface area contributed by atoms with Crippen molar-refractivity contribution in [2.75, 3.05) is 5.32 Å². The summed E-state index contributed by atoms with van der Waals surface area (Å²) >= 11 is 0. The monoisotopic (exact) mass is 470 g/mol. The predicted octanol–water partition coefficient (Wildman–Crippen LogP) is 0.553. The van der Waals surface area contributed by atoms with Gasteiger partial charge in [0.1, 0.15) is 23.5 Å². The van der Waals surface area contributed by atoms with Crippen molar-refractivity contribution < 1.29 is 30.0 Å². The third-order valence-corrected chi connectivity index (χ3v) is 6.91. The number of nitrogens with one attached hydrogen (secondary N) is 1. The summed E-state index contributed by atoms with van der Waals surface area (Å²) in [6.45, 7) is 1.38. The van der Waals surface area contributed by atoms with Gasteiger partial charge in [-0.3, -0.25) is 9.59 Å². The molecule has 8 nitrogen and oxygen atoms in total. The van der Waals surface area contributed by atoms with Crippen molar-refractivity contribution in [1.29, 1.82) is 0 Å². The van der Waals surface area contributed by atoms with E-state index in [1.807, 2.05) is 0 Å². The Morgan fingerprint density at radius 2 is 1.83 bits per heavy atom. The van der Waals surface area contributed by atoms with Crippen LogP contribution in [0.1, 0.15) is 55.8 Å². The van der Waals surface area contributed by atoms with Gasteiger partial charge >= 0.3 is 0 Å². The molecule has 1 aliphatic heterocycles. The van der Waals surface area contributed by atoms with Crippen molar-refractivity contribution >= 4 is 17.3 Å². The number of phenolic OH excluding ortho intramolecular Hbond substituents is 1. The van der Waals surface area contributed by atoms with E-state index in [9.17, 15) is 30.0 Å². The molecule has 0 amide bonds. The number of allylic oxidation sites excluding steroid dienone is 2. The smallest absolute Gasteiger partial charge is 0.198 e. The molecule has 5 rings (SSSR count). The summed E-state index contributed by atoms with van der Waals surface area (Å²) in [5.41, 5.74) is 4.47. The van der Waals surface area contributed by atoms with Gasteiger partial charge in [0.05, 0.1) is 28.8 Å². The largest absolute Gasteiger partial charge is 0.507 e. The van der Waals surface area contributed by atoms with Crippen molar-refractivity contribution in [3.63, 3.8) is 0 Å². The second-order valence-electron chi connectivity index (χ2n) is 8.79. The van der Waals surface area contributed by atoms with Gasteiger partial charge in [0.2, 0.25) is 0 Å². The van der Waals surface area contributed by atoms with Gasteiger partial charge in [-0.1, -0.05) is 41.9 Å². The Kier molecular flexibility index (Phi) is 5.28. The van der Waals surface area contributed by atoms with E-state index in [-0.39, 0.29) is 40.0 Å². The molecule has 0 spiro atoms. The molecule has 7 N–H and O–H groups in total. The first-order chi connectivity index (χ1) is 16.7. The molecule has 0 radical (unpaired) electrons. The third kappa shape index (κ3) is 3.13. The summed E-state index contributed by atoms with van der Waals surface area (Å²) in [6, 6.07) is 4.86. The molecule has 0 aromatic heterocycles. The number of anilines is 1. The molecule has 5 unspecified atom stereocenters. The van der Waals surface area contributed by atoms with E-state index in [0.717, 1.165) is 0 Å². The van der Waals surface area contributed by atoms with Crippen LogP contribution in [-0.4, -0.2) is 55.8 Å². The van der Waals surface area contributed by atoms with Gasteiger partial charge in [-0.05, 0) is 36.3 Å². The van der Waals surface area contributed by atoms with Gasteiger partial charge in [0.25, 0.3) is 0 Å². The van der Waals surface area contributed by atoms with Crippen LogP contribution in [0.4, 0.5) is 5.69 Å². The van der Waals surface area contributed by atoms with Crippen molar-refractivity contribution in [2.24, 2.45) is 5.73 Å². The Morgan fingerprint density at radius 3 is 2.51 bits per heavy atom. The highest BCUT2D eigenvalue weighted by Gasteiger charge is 2.56. The second-order valence-corrected chi connectivity index (χ2v) is 8.79. The Bertz CT molecular complexity index is 1450. The Hall–Kier alpha value is -3.92. The van der Waals surface area contributed by atoms with E-state index in [0.29, 0.717) is 5.56 Å². The topological polar surface area (TPSA) is 153 Å². The van der Waals surface area contributed by atoms with E-state index in [1.54, 1.807) is 12.1 Å². The van der Waals surface area contributed by atoms with Crippen LogP contribution in [-0.2, 0) is 6.54 Å². The van der Waals surface area contributed by atoms with Gasteiger partial charge in [-0.25, -0.2) is 0 Å². The number of ketones is 2. The fourth-order valence-corrected chi connectivity index (χ4v) is 5.23. The summed E-state index contributed by atoms with van der Waals surface area (Å²) in [5, 5.41) is 47.3. The predicted molar refractivity (Wildman–Crippen MR) is 127 cm³/mol. The standard InChI is InChI=1S/C27H22N2O6/c1-13(30)27(35)19-10-5-3-2-4-9-17(31)23(27)16-11-18(32)21-22(24(16)29-19)25(33)15-8-6-7-14(12-28)20(15)26(21)34/h2-3,6-8,11,13,17,19,23,29-32,35H,12,28H2,1H3. The summed E-state index contributed by atoms with van der Waals surface area (Å²) in [5.74, 6) is 7.98. The maximum Gasteiger partial charge on any atom is 0.198 e. The summed E-state index contributed by atoms with van der Waals surface area (Å²) in [6.07, 6.45) is -0.00952. The van der Waals surface area contributed by atoms with Gasteiger partial charge in [-0.2, -0.15) is 0 Å². The lowest BCUT2D eigenvalue weighted by Gasteiger charge is -2.48. The minimum Gasteiger partial charge on any atom is -0.507 e. The zero-order valence-corrected chi connectivity index (χ0v) is 18.7.